The van der Waals surface area contributed by atoms with Gasteiger partial charge in [-0.2, -0.15) is 4.68 Å². The third-order valence-corrected chi connectivity index (χ3v) is 3.63. The van der Waals surface area contributed by atoms with Gasteiger partial charge in [0.2, 0.25) is 5.95 Å². The molecule has 1 aliphatic heterocycles. The lowest BCUT2D eigenvalue weighted by atomic mass is 9.96. The van der Waals surface area contributed by atoms with Crippen LogP contribution in [0.25, 0.3) is 0 Å². The van der Waals surface area contributed by atoms with Gasteiger partial charge in [-0.15, -0.1) is 0 Å². The minimum absolute atomic E-state index is 0.421. The average Bonchev–Trinajstić information content (AvgIpc) is 3.02. The van der Waals surface area contributed by atoms with Crippen LogP contribution in [0.4, 0.5) is 5.95 Å². The van der Waals surface area contributed by atoms with E-state index in [0.717, 1.165) is 11.3 Å². The van der Waals surface area contributed by atoms with Crippen molar-refractivity contribution in [3.05, 3.63) is 41.1 Å². The summed E-state index contributed by atoms with van der Waals surface area (Å²) in [5, 5.41) is 14.6. The van der Waals surface area contributed by atoms with Gasteiger partial charge >= 0.3 is 5.97 Å². The fraction of sp³-hybridized carbons (Fsp3) is 0.333. The first-order chi connectivity index (χ1) is 11.2. The minimum Gasteiger partial charge on any atom is -0.494 e. The van der Waals surface area contributed by atoms with Crippen LogP contribution in [0.3, 0.4) is 0 Å². The minimum atomic E-state index is -0.454. The molecular formula is C15H17N5O3. The molecule has 1 aromatic heterocycles. The predicted octanol–water partition coefficient (Wildman–Crippen LogP) is 1.53. The van der Waals surface area contributed by atoms with Gasteiger partial charge in [0.1, 0.15) is 11.8 Å². The van der Waals surface area contributed by atoms with Crippen LogP contribution < -0.4 is 10.1 Å². The molecule has 0 spiro atoms. The van der Waals surface area contributed by atoms with Crippen molar-refractivity contribution in [3.63, 3.8) is 0 Å². The highest BCUT2D eigenvalue weighted by Gasteiger charge is 2.34. The van der Waals surface area contributed by atoms with E-state index in [1.54, 1.807) is 11.6 Å². The maximum Gasteiger partial charge on any atom is 0.338 e. The van der Waals surface area contributed by atoms with Gasteiger partial charge in [0.15, 0.2) is 0 Å². The molecule has 0 amide bonds. The van der Waals surface area contributed by atoms with Crippen molar-refractivity contribution in [2.24, 2.45) is 0 Å². The summed E-state index contributed by atoms with van der Waals surface area (Å²) < 4.78 is 11.9. The molecule has 0 aliphatic carbocycles. The number of esters is 1. The zero-order valence-corrected chi connectivity index (χ0v) is 13.1. The van der Waals surface area contributed by atoms with Crippen molar-refractivity contribution in [1.29, 1.82) is 0 Å². The third-order valence-electron chi connectivity index (χ3n) is 3.63. The molecule has 1 aliphatic rings. The Labute approximate surface area is 133 Å². The van der Waals surface area contributed by atoms with E-state index in [-0.39, 0.29) is 0 Å². The summed E-state index contributed by atoms with van der Waals surface area (Å²) in [6.07, 6.45) is 0. The van der Waals surface area contributed by atoms with Gasteiger partial charge in [-0.3, -0.25) is 0 Å². The Morgan fingerprint density at radius 3 is 2.74 bits per heavy atom. The van der Waals surface area contributed by atoms with E-state index in [4.69, 9.17) is 9.47 Å². The SMILES string of the molecule is CCOc1ccc(C2C(C(=O)OC)=C(C)Nc3nnnn32)cc1. The summed E-state index contributed by atoms with van der Waals surface area (Å²) in [5.41, 5.74) is 2.00. The Balaban J connectivity index is 2.07. The van der Waals surface area contributed by atoms with Crippen molar-refractivity contribution in [3.8, 4) is 5.75 Å². The number of ether oxygens (including phenoxy) is 2. The molecule has 2 heterocycles. The molecule has 23 heavy (non-hydrogen) atoms. The number of benzene rings is 1. The number of fused-ring (bicyclic) bond motifs is 1. The summed E-state index contributed by atoms with van der Waals surface area (Å²) in [7, 11) is 1.35. The Morgan fingerprint density at radius 2 is 2.09 bits per heavy atom. The number of rotatable bonds is 4. The third kappa shape index (κ3) is 2.63. The van der Waals surface area contributed by atoms with Crippen molar-refractivity contribution < 1.29 is 14.3 Å². The molecular weight excluding hydrogens is 298 g/mol. The van der Waals surface area contributed by atoms with Crippen LogP contribution in [-0.4, -0.2) is 39.9 Å². The molecule has 8 nitrogen and oxygen atoms in total. The number of methoxy groups -OCH3 is 1. The number of nitrogens with one attached hydrogen (secondary N) is 1. The lowest BCUT2D eigenvalue weighted by Crippen LogP contribution is -2.29. The number of hydrogen-bond acceptors (Lipinski definition) is 7. The standard InChI is InChI=1S/C15H17N5O3/c1-4-23-11-7-5-10(6-8-11)13-12(14(21)22-3)9(2)16-15-17-18-19-20(13)15/h5-8,13H,4H2,1-3H3,(H,16,17,19). The van der Waals surface area contributed by atoms with E-state index >= 15 is 0 Å². The number of hydrogen-bond donors (Lipinski definition) is 1. The first-order valence-corrected chi connectivity index (χ1v) is 7.22. The summed E-state index contributed by atoms with van der Waals surface area (Å²) in [5.74, 6) is 0.825. The molecule has 0 saturated heterocycles. The number of tetrazole rings is 1. The number of anilines is 1. The summed E-state index contributed by atoms with van der Waals surface area (Å²) in [6, 6.07) is 7.04. The Morgan fingerprint density at radius 1 is 1.35 bits per heavy atom. The molecule has 1 aromatic carbocycles. The van der Waals surface area contributed by atoms with Crippen molar-refractivity contribution >= 4 is 11.9 Å². The second kappa shape index (κ2) is 6.07. The molecule has 120 valence electrons. The second-order valence-electron chi connectivity index (χ2n) is 5.01. The highest BCUT2D eigenvalue weighted by Crippen LogP contribution is 2.35. The Kier molecular flexibility index (Phi) is 3.96. The lowest BCUT2D eigenvalue weighted by Gasteiger charge is -2.27. The predicted molar refractivity (Wildman–Crippen MR) is 81.9 cm³/mol. The maximum atomic E-state index is 12.2. The normalized spacial score (nSPS) is 16.6. The van der Waals surface area contributed by atoms with E-state index in [0.29, 0.717) is 23.8 Å². The highest BCUT2D eigenvalue weighted by molar-refractivity contribution is 5.92. The maximum absolute atomic E-state index is 12.2. The molecule has 1 unspecified atom stereocenters. The van der Waals surface area contributed by atoms with Gasteiger partial charge in [-0.05, 0) is 42.0 Å². The largest absolute Gasteiger partial charge is 0.494 e. The van der Waals surface area contributed by atoms with Gasteiger partial charge in [-0.1, -0.05) is 17.2 Å². The van der Waals surface area contributed by atoms with Crippen molar-refractivity contribution in [1.82, 2.24) is 20.2 Å². The fourth-order valence-electron chi connectivity index (χ4n) is 2.61. The van der Waals surface area contributed by atoms with Crippen LogP contribution in [0, 0.1) is 0 Å². The van der Waals surface area contributed by atoms with Crippen molar-refractivity contribution in [2.45, 2.75) is 19.9 Å². The molecule has 1 N–H and O–H groups in total. The zero-order chi connectivity index (χ0) is 16.4. The van der Waals surface area contributed by atoms with Crippen molar-refractivity contribution in [2.75, 3.05) is 19.0 Å². The smallest absolute Gasteiger partial charge is 0.338 e. The Bertz CT molecular complexity index is 751. The summed E-state index contributed by atoms with van der Waals surface area (Å²) in [4.78, 5) is 12.2. The van der Waals surface area contributed by atoms with Crippen LogP contribution in [0.5, 0.6) is 5.75 Å². The number of aromatic nitrogens is 4. The highest BCUT2D eigenvalue weighted by atomic mass is 16.5. The quantitative estimate of drug-likeness (QED) is 0.855. The topological polar surface area (TPSA) is 91.2 Å². The van der Waals surface area contributed by atoms with E-state index in [1.807, 2.05) is 31.2 Å². The summed E-state index contributed by atoms with van der Waals surface area (Å²) >= 11 is 0. The molecule has 0 saturated carbocycles. The molecule has 0 fully saturated rings. The lowest BCUT2D eigenvalue weighted by molar-refractivity contribution is -0.136. The zero-order valence-electron chi connectivity index (χ0n) is 13.1. The van der Waals surface area contributed by atoms with Gasteiger partial charge in [0, 0.05) is 5.70 Å². The van der Waals surface area contributed by atoms with Gasteiger partial charge < -0.3 is 14.8 Å². The number of nitrogens with zero attached hydrogens (tertiary/aromatic N) is 4. The molecule has 0 radical (unpaired) electrons. The number of allylic oxidation sites excluding steroid dienone is 1. The van der Waals surface area contributed by atoms with Crippen LogP contribution in [0.1, 0.15) is 25.5 Å². The second-order valence-corrected chi connectivity index (χ2v) is 5.01. The molecule has 0 bridgehead atoms. The van der Waals surface area contributed by atoms with E-state index in [2.05, 4.69) is 20.8 Å². The van der Waals surface area contributed by atoms with Crippen LogP contribution in [-0.2, 0) is 9.53 Å². The molecule has 2 aromatic rings. The summed E-state index contributed by atoms with van der Waals surface area (Å²) in [6.45, 7) is 4.32. The van der Waals surface area contributed by atoms with E-state index < -0.39 is 12.0 Å². The first-order valence-electron chi connectivity index (χ1n) is 7.22. The average molecular weight is 315 g/mol. The van der Waals surface area contributed by atoms with Crippen LogP contribution in [0.15, 0.2) is 35.5 Å². The van der Waals surface area contributed by atoms with E-state index in [1.165, 1.54) is 7.11 Å². The number of carbonyl (C=O) groups is 1. The van der Waals surface area contributed by atoms with Crippen LogP contribution in [0.2, 0.25) is 0 Å². The van der Waals surface area contributed by atoms with Gasteiger partial charge in [0.05, 0.1) is 19.3 Å². The molecule has 1 atom stereocenters. The number of carbonyl (C=O) groups excluding carboxylic acids is 1. The monoisotopic (exact) mass is 315 g/mol. The van der Waals surface area contributed by atoms with Gasteiger partial charge in [-0.25, -0.2) is 4.79 Å². The first kappa shape index (κ1) is 15.0. The van der Waals surface area contributed by atoms with Crippen LogP contribution >= 0.6 is 0 Å². The fourth-order valence-corrected chi connectivity index (χ4v) is 2.61. The molecule has 8 heteroatoms. The molecule has 3 rings (SSSR count). The Hall–Kier alpha value is -2.90. The van der Waals surface area contributed by atoms with Gasteiger partial charge in [0.25, 0.3) is 0 Å². The van der Waals surface area contributed by atoms with E-state index in [9.17, 15) is 4.79 Å².